The lowest BCUT2D eigenvalue weighted by molar-refractivity contribution is 0.130. The van der Waals surface area contributed by atoms with Crippen LogP contribution < -0.4 is 0 Å². The number of aryl methyl sites for hydroxylation is 1. The quantitative estimate of drug-likeness (QED) is 0.658. The zero-order valence-corrected chi connectivity index (χ0v) is 7.85. The normalized spacial score (nSPS) is 13.4. The van der Waals surface area contributed by atoms with Crippen LogP contribution in [0.3, 0.4) is 0 Å². The molecule has 1 rings (SSSR count). The number of halogens is 2. The standard InChI is InChI=1S/C11H13F2/c1-7-5-4-6-10(8(7)2)9(3)11(12)13/h4-6,9,11H,3H2,1-2H3. The molecular weight excluding hydrogens is 170 g/mol. The van der Waals surface area contributed by atoms with E-state index in [2.05, 4.69) is 6.92 Å². The van der Waals surface area contributed by atoms with E-state index in [1.54, 1.807) is 12.1 Å². The first-order chi connectivity index (χ1) is 6.04. The zero-order chi connectivity index (χ0) is 10.0. The van der Waals surface area contributed by atoms with Crippen LogP contribution in [0.1, 0.15) is 22.6 Å². The molecule has 0 aliphatic rings. The van der Waals surface area contributed by atoms with Crippen LogP contribution in [0, 0.1) is 20.8 Å². The minimum absolute atomic E-state index is 0.648. The van der Waals surface area contributed by atoms with Gasteiger partial charge in [0.05, 0.1) is 0 Å². The fourth-order valence-corrected chi connectivity index (χ4v) is 1.31. The van der Waals surface area contributed by atoms with Crippen molar-refractivity contribution in [3.8, 4) is 0 Å². The van der Waals surface area contributed by atoms with E-state index in [1.165, 1.54) is 0 Å². The molecule has 13 heavy (non-hydrogen) atoms. The van der Waals surface area contributed by atoms with E-state index in [-0.39, 0.29) is 0 Å². The summed E-state index contributed by atoms with van der Waals surface area (Å²) in [5, 5.41) is 0. The van der Waals surface area contributed by atoms with Crippen LogP contribution in [0.4, 0.5) is 8.78 Å². The summed E-state index contributed by atoms with van der Waals surface area (Å²) in [4.78, 5) is 0. The van der Waals surface area contributed by atoms with Crippen LogP contribution >= 0.6 is 0 Å². The Morgan fingerprint density at radius 3 is 2.38 bits per heavy atom. The maximum Gasteiger partial charge on any atom is 0.245 e. The summed E-state index contributed by atoms with van der Waals surface area (Å²) >= 11 is 0. The third-order valence-corrected chi connectivity index (χ3v) is 2.35. The van der Waals surface area contributed by atoms with Gasteiger partial charge in [-0.15, -0.1) is 0 Å². The molecule has 0 saturated heterocycles. The summed E-state index contributed by atoms with van der Waals surface area (Å²) in [6, 6.07) is 5.42. The highest BCUT2D eigenvalue weighted by Gasteiger charge is 2.18. The first kappa shape index (κ1) is 10.2. The van der Waals surface area contributed by atoms with Crippen LogP contribution in [-0.2, 0) is 0 Å². The average Bonchev–Trinajstić information content (AvgIpc) is 2.08. The molecule has 0 bridgehead atoms. The summed E-state index contributed by atoms with van der Waals surface area (Å²) in [6.45, 7) is 7.23. The second-order valence-corrected chi connectivity index (χ2v) is 3.23. The second-order valence-electron chi connectivity index (χ2n) is 3.23. The smallest absolute Gasteiger partial charge is 0.210 e. The Morgan fingerprint density at radius 2 is 1.85 bits per heavy atom. The Balaban J connectivity index is 3.07. The summed E-state index contributed by atoms with van der Waals surface area (Å²) in [7, 11) is 0. The van der Waals surface area contributed by atoms with E-state index in [9.17, 15) is 8.78 Å². The first-order valence-corrected chi connectivity index (χ1v) is 4.21. The highest BCUT2D eigenvalue weighted by Crippen LogP contribution is 2.26. The number of rotatable bonds is 2. The molecule has 0 N–H and O–H groups in total. The van der Waals surface area contributed by atoms with Crippen molar-refractivity contribution in [1.29, 1.82) is 0 Å². The van der Waals surface area contributed by atoms with Crippen LogP contribution in [0.25, 0.3) is 0 Å². The Kier molecular flexibility index (Phi) is 3.02. The molecule has 2 heteroatoms. The summed E-state index contributed by atoms with van der Waals surface area (Å²) in [5.41, 5.74) is 2.60. The van der Waals surface area contributed by atoms with Crippen molar-refractivity contribution in [1.82, 2.24) is 0 Å². The van der Waals surface area contributed by atoms with Crippen LogP contribution in [-0.4, -0.2) is 6.43 Å². The van der Waals surface area contributed by atoms with Gasteiger partial charge in [0.2, 0.25) is 6.43 Å². The summed E-state index contributed by atoms with van der Waals surface area (Å²) in [5.74, 6) is -0.917. The van der Waals surface area contributed by atoms with Gasteiger partial charge in [-0.3, -0.25) is 0 Å². The number of benzene rings is 1. The predicted octanol–water partition coefficient (Wildman–Crippen LogP) is 3.49. The topological polar surface area (TPSA) is 0 Å². The fourth-order valence-electron chi connectivity index (χ4n) is 1.31. The molecule has 0 heterocycles. The van der Waals surface area contributed by atoms with Gasteiger partial charge in [0.25, 0.3) is 0 Å². The van der Waals surface area contributed by atoms with Crippen molar-refractivity contribution in [2.45, 2.75) is 26.2 Å². The maximum atomic E-state index is 12.4. The SMILES string of the molecule is [CH2]C(c1cccc(C)c1C)C(F)F. The second kappa shape index (κ2) is 3.86. The van der Waals surface area contributed by atoms with Crippen molar-refractivity contribution in [3.63, 3.8) is 0 Å². The van der Waals surface area contributed by atoms with Gasteiger partial charge < -0.3 is 0 Å². The van der Waals surface area contributed by atoms with Crippen molar-refractivity contribution in [2.75, 3.05) is 0 Å². The molecule has 1 radical (unpaired) electrons. The average molecular weight is 183 g/mol. The molecule has 0 aromatic heterocycles. The van der Waals surface area contributed by atoms with Crippen molar-refractivity contribution in [2.24, 2.45) is 0 Å². The number of alkyl halides is 2. The highest BCUT2D eigenvalue weighted by atomic mass is 19.3. The van der Waals surface area contributed by atoms with E-state index in [0.717, 1.165) is 11.1 Å². The molecule has 1 atom stereocenters. The monoisotopic (exact) mass is 183 g/mol. The lowest BCUT2D eigenvalue weighted by Crippen LogP contribution is -2.07. The molecule has 0 nitrogen and oxygen atoms in total. The van der Waals surface area contributed by atoms with Gasteiger partial charge >= 0.3 is 0 Å². The summed E-state index contributed by atoms with van der Waals surface area (Å²) in [6.07, 6.45) is -2.39. The van der Waals surface area contributed by atoms with E-state index in [0.29, 0.717) is 5.56 Å². The number of hydrogen-bond acceptors (Lipinski definition) is 0. The Hall–Kier alpha value is -0.920. The molecule has 0 aliphatic heterocycles. The molecule has 0 amide bonds. The maximum absolute atomic E-state index is 12.4. The molecule has 0 fully saturated rings. The molecule has 1 aromatic rings. The molecule has 0 aliphatic carbocycles. The third kappa shape index (κ3) is 2.06. The van der Waals surface area contributed by atoms with Gasteiger partial charge in [0.15, 0.2) is 0 Å². The molecule has 0 spiro atoms. The van der Waals surface area contributed by atoms with E-state index in [1.807, 2.05) is 19.9 Å². The van der Waals surface area contributed by atoms with Gasteiger partial charge in [-0.1, -0.05) is 18.2 Å². The third-order valence-electron chi connectivity index (χ3n) is 2.35. The van der Waals surface area contributed by atoms with Crippen LogP contribution in [0.5, 0.6) is 0 Å². The van der Waals surface area contributed by atoms with Crippen LogP contribution in [0.15, 0.2) is 18.2 Å². The van der Waals surface area contributed by atoms with Gasteiger partial charge in [-0.05, 0) is 37.5 Å². The minimum atomic E-state index is -2.39. The molecule has 0 saturated carbocycles. The van der Waals surface area contributed by atoms with Gasteiger partial charge in [0, 0.05) is 5.92 Å². The number of hydrogen-bond donors (Lipinski definition) is 0. The van der Waals surface area contributed by atoms with Crippen molar-refractivity contribution in [3.05, 3.63) is 41.8 Å². The fraction of sp³-hybridized carbons (Fsp3) is 0.364. The van der Waals surface area contributed by atoms with E-state index in [4.69, 9.17) is 0 Å². The van der Waals surface area contributed by atoms with Gasteiger partial charge in [-0.25, -0.2) is 8.78 Å². The summed E-state index contributed by atoms with van der Waals surface area (Å²) < 4.78 is 24.7. The molecular formula is C11H13F2. The highest BCUT2D eigenvalue weighted by molar-refractivity contribution is 5.36. The molecule has 1 aromatic carbocycles. The largest absolute Gasteiger partial charge is 0.245 e. The van der Waals surface area contributed by atoms with Crippen molar-refractivity contribution < 1.29 is 8.78 Å². The Labute approximate surface area is 77.6 Å². The van der Waals surface area contributed by atoms with Gasteiger partial charge in [-0.2, -0.15) is 0 Å². The molecule has 1 unspecified atom stereocenters. The Morgan fingerprint density at radius 1 is 1.23 bits per heavy atom. The van der Waals surface area contributed by atoms with E-state index >= 15 is 0 Å². The first-order valence-electron chi connectivity index (χ1n) is 4.21. The van der Waals surface area contributed by atoms with Crippen molar-refractivity contribution >= 4 is 0 Å². The Bertz CT molecular complexity index is 292. The predicted molar refractivity (Wildman–Crippen MR) is 50.0 cm³/mol. The zero-order valence-electron chi connectivity index (χ0n) is 7.85. The minimum Gasteiger partial charge on any atom is -0.210 e. The van der Waals surface area contributed by atoms with E-state index < -0.39 is 12.3 Å². The lowest BCUT2D eigenvalue weighted by Gasteiger charge is -2.14. The van der Waals surface area contributed by atoms with Gasteiger partial charge in [0.1, 0.15) is 0 Å². The van der Waals surface area contributed by atoms with Crippen LogP contribution in [0.2, 0.25) is 0 Å². The molecule has 71 valence electrons. The lowest BCUT2D eigenvalue weighted by atomic mass is 9.94.